The van der Waals surface area contributed by atoms with Gasteiger partial charge in [0.25, 0.3) is 0 Å². The molecule has 72 valence electrons. The van der Waals surface area contributed by atoms with Crippen LogP contribution in [0.5, 0.6) is 0 Å². The van der Waals surface area contributed by atoms with Crippen LogP contribution in [-0.2, 0) is 9.53 Å². The van der Waals surface area contributed by atoms with Crippen LogP contribution in [-0.4, -0.2) is 24.2 Å². The van der Waals surface area contributed by atoms with Crippen molar-refractivity contribution in [3.05, 3.63) is 21.9 Å². The molecule has 0 saturated heterocycles. The van der Waals surface area contributed by atoms with Gasteiger partial charge in [0.2, 0.25) is 0 Å². The number of ether oxygens (including phenoxy) is 1. The molecule has 14 heavy (non-hydrogen) atoms. The molecule has 0 bridgehead atoms. The Bertz CT molecular complexity index is 422. The molecule has 0 saturated carbocycles. The Kier molecular flexibility index (Phi) is 3.26. The summed E-state index contributed by atoms with van der Waals surface area (Å²) in [5.41, 5.74) is 0. The van der Waals surface area contributed by atoms with Crippen LogP contribution in [0.3, 0.4) is 0 Å². The van der Waals surface area contributed by atoms with Gasteiger partial charge in [0.15, 0.2) is 0 Å². The van der Waals surface area contributed by atoms with Crippen molar-refractivity contribution in [1.29, 1.82) is 0 Å². The lowest BCUT2D eigenvalue weighted by molar-refractivity contribution is -0.133. The van der Waals surface area contributed by atoms with Crippen LogP contribution >= 0.6 is 11.3 Å². The van der Waals surface area contributed by atoms with Gasteiger partial charge in [0.05, 0.1) is 12.0 Å². The summed E-state index contributed by atoms with van der Waals surface area (Å²) in [5.74, 6) is 3.07. The molecule has 0 spiro atoms. The van der Waals surface area contributed by atoms with Crippen LogP contribution in [0.25, 0.3) is 0 Å². The zero-order chi connectivity index (χ0) is 10.6. The lowest BCUT2D eigenvalue weighted by atomic mass is 10.4. The smallest absolute Gasteiger partial charge is 0.384 e. The van der Waals surface area contributed by atoms with Gasteiger partial charge < -0.3 is 9.84 Å². The van der Waals surface area contributed by atoms with E-state index in [2.05, 4.69) is 16.6 Å². The molecular formula is C9H6O4S. The van der Waals surface area contributed by atoms with Crippen LogP contribution in [0, 0.1) is 11.8 Å². The van der Waals surface area contributed by atoms with E-state index in [1.165, 1.54) is 13.2 Å². The number of rotatable bonds is 1. The first kappa shape index (κ1) is 10.3. The van der Waals surface area contributed by atoms with Crippen molar-refractivity contribution in [2.75, 3.05) is 7.11 Å². The number of carboxylic acid groups (broad SMARTS) is 1. The molecule has 0 fully saturated rings. The number of hydrogen-bond acceptors (Lipinski definition) is 4. The average molecular weight is 210 g/mol. The fourth-order valence-corrected chi connectivity index (χ4v) is 1.38. The molecule has 1 aromatic rings. The van der Waals surface area contributed by atoms with E-state index in [-0.39, 0.29) is 4.88 Å². The average Bonchev–Trinajstić information content (AvgIpc) is 2.62. The first-order chi connectivity index (χ1) is 6.63. The normalized spacial score (nSPS) is 8.64. The zero-order valence-electron chi connectivity index (χ0n) is 7.23. The molecule has 0 aliphatic carbocycles. The lowest BCUT2D eigenvalue weighted by Crippen LogP contribution is -1.93. The minimum atomic E-state index is -0.999. The van der Waals surface area contributed by atoms with Gasteiger partial charge in [-0.15, -0.1) is 11.3 Å². The summed E-state index contributed by atoms with van der Waals surface area (Å²) in [6, 6.07) is 2.98. The molecule has 0 aliphatic heterocycles. The molecule has 0 unspecified atom stereocenters. The predicted octanol–water partition coefficient (Wildman–Crippen LogP) is 0.971. The van der Waals surface area contributed by atoms with Crippen LogP contribution in [0.1, 0.15) is 14.5 Å². The topological polar surface area (TPSA) is 63.6 Å². The van der Waals surface area contributed by atoms with Crippen molar-refractivity contribution in [2.24, 2.45) is 0 Å². The molecule has 4 nitrogen and oxygen atoms in total. The Morgan fingerprint density at radius 2 is 2.21 bits per heavy atom. The third-order valence-corrected chi connectivity index (χ3v) is 2.28. The van der Waals surface area contributed by atoms with Gasteiger partial charge in [-0.25, -0.2) is 9.59 Å². The van der Waals surface area contributed by atoms with Crippen molar-refractivity contribution < 1.29 is 19.4 Å². The van der Waals surface area contributed by atoms with E-state index >= 15 is 0 Å². The Balaban J connectivity index is 2.81. The van der Waals surface area contributed by atoms with Crippen molar-refractivity contribution in [2.45, 2.75) is 0 Å². The molecule has 0 atom stereocenters. The minimum Gasteiger partial charge on any atom is -0.477 e. The lowest BCUT2D eigenvalue weighted by Gasteiger charge is -1.83. The van der Waals surface area contributed by atoms with E-state index < -0.39 is 11.9 Å². The number of hydrogen-bond donors (Lipinski definition) is 1. The molecule has 1 aromatic heterocycles. The number of carbonyl (C=O) groups excluding carboxylic acids is 1. The molecule has 5 heteroatoms. The molecule has 0 aromatic carbocycles. The maximum Gasteiger partial charge on any atom is 0.384 e. The Labute approximate surface area is 84.1 Å². The van der Waals surface area contributed by atoms with Gasteiger partial charge in [0, 0.05) is 5.92 Å². The van der Waals surface area contributed by atoms with Crippen LogP contribution in [0.15, 0.2) is 12.1 Å². The van der Waals surface area contributed by atoms with E-state index in [4.69, 9.17) is 5.11 Å². The molecule has 1 N–H and O–H groups in total. The number of thiophene rings is 1. The molecular weight excluding hydrogens is 204 g/mol. The summed E-state index contributed by atoms with van der Waals surface area (Å²) in [6.07, 6.45) is 0. The monoisotopic (exact) mass is 210 g/mol. The Morgan fingerprint density at radius 3 is 2.71 bits per heavy atom. The van der Waals surface area contributed by atoms with Gasteiger partial charge in [-0.05, 0) is 18.1 Å². The fraction of sp³-hybridized carbons (Fsp3) is 0.111. The molecule has 0 aliphatic rings. The zero-order valence-corrected chi connectivity index (χ0v) is 8.05. The van der Waals surface area contributed by atoms with Crippen molar-refractivity contribution >= 4 is 23.3 Å². The second kappa shape index (κ2) is 4.44. The number of aromatic carboxylic acids is 1. The number of carbonyl (C=O) groups is 2. The van der Waals surface area contributed by atoms with Gasteiger partial charge in [-0.1, -0.05) is 0 Å². The van der Waals surface area contributed by atoms with Crippen molar-refractivity contribution in [3.63, 3.8) is 0 Å². The van der Waals surface area contributed by atoms with E-state index in [1.54, 1.807) is 6.07 Å². The third kappa shape index (κ3) is 2.61. The fourth-order valence-electron chi connectivity index (χ4n) is 0.684. The number of methoxy groups -OCH3 is 1. The second-order valence-electron chi connectivity index (χ2n) is 2.21. The standard InChI is InChI=1S/C9H6O4S/c1-13-8(10)5-3-6-2-4-7(14-6)9(11)12/h2,4H,1H3,(H,11,12). The predicted molar refractivity (Wildman–Crippen MR) is 50.2 cm³/mol. The van der Waals surface area contributed by atoms with Crippen LogP contribution in [0.4, 0.5) is 0 Å². The van der Waals surface area contributed by atoms with Gasteiger partial charge in [-0.2, -0.15) is 0 Å². The largest absolute Gasteiger partial charge is 0.477 e. The SMILES string of the molecule is COC(=O)C#Cc1ccc(C(=O)O)s1. The highest BCUT2D eigenvalue weighted by atomic mass is 32.1. The molecule has 1 rings (SSSR count). The van der Waals surface area contributed by atoms with Gasteiger partial charge >= 0.3 is 11.9 Å². The molecule has 1 heterocycles. The van der Waals surface area contributed by atoms with Crippen molar-refractivity contribution in [1.82, 2.24) is 0 Å². The van der Waals surface area contributed by atoms with Crippen LogP contribution in [0.2, 0.25) is 0 Å². The molecule has 0 radical (unpaired) electrons. The summed E-state index contributed by atoms with van der Waals surface area (Å²) in [4.78, 5) is 21.8. The van der Waals surface area contributed by atoms with Crippen molar-refractivity contribution in [3.8, 4) is 11.8 Å². The maximum absolute atomic E-state index is 10.6. The summed E-state index contributed by atoms with van der Waals surface area (Å²) >= 11 is 1.01. The first-order valence-corrected chi connectivity index (χ1v) is 4.38. The Morgan fingerprint density at radius 1 is 1.50 bits per heavy atom. The van der Waals surface area contributed by atoms with E-state index in [1.807, 2.05) is 0 Å². The second-order valence-corrected chi connectivity index (χ2v) is 3.29. The van der Waals surface area contributed by atoms with Gasteiger partial charge in [-0.3, -0.25) is 0 Å². The quantitative estimate of drug-likeness (QED) is 0.554. The number of carboxylic acids is 1. The molecule has 0 amide bonds. The minimum absolute atomic E-state index is 0.194. The number of esters is 1. The summed E-state index contributed by atoms with van der Waals surface area (Å²) in [6.45, 7) is 0. The highest BCUT2D eigenvalue weighted by molar-refractivity contribution is 7.14. The van der Waals surface area contributed by atoms with E-state index in [0.29, 0.717) is 4.88 Å². The summed E-state index contributed by atoms with van der Waals surface area (Å²) < 4.78 is 4.30. The summed E-state index contributed by atoms with van der Waals surface area (Å²) in [7, 11) is 1.23. The van der Waals surface area contributed by atoms with Gasteiger partial charge in [0.1, 0.15) is 4.88 Å². The maximum atomic E-state index is 10.6. The van der Waals surface area contributed by atoms with E-state index in [0.717, 1.165) is 11.3 Å². The summed E-state index contributed by atoms with van der Waals surface area (Å²) in [5, 5.41) is 8.59. The highest BCUT2D eigenvalue weighted by Gasteiger charge is 2.04. The van der Waals surface area contributed by atoms with Crippen LogP contribution < -0.4 is 0 Å². The highest BCUT2D eigenvalue weighted by Crippen LogP contribution is 2.14. The third-order valence-electron chi connectivity index (χ3n) is 1.29. The first-order valence-electron chi connectivity index (χ1n) is 3.56. The Hall–Kier alpha value is -1.80. The van der Waals surface area contributed by atoms with E-state index in [9.17, 15) is 9.59 Å².